The molecule has 2 aromatic carbocycles. The monoisotopic (exact) mass is 487 g/mol. The van der Waals surface area contributed by atoms with Crippen molar-refractivity contribution in [2.24, 2.45) is 0 Å². The Hall–Kier alpha value is -2.98. The maximum absolute atomic E-state index is 12.5. The van der Waals surface area contributed by atoms with Crippen LogP contribution < -0.4 is 4.74 Å². The highest BCUT2D eigenvalue weighted by Gasteiger charge is 2.09. The van der Waals surface area contributed by atoms with Gasteiger partial charge < -0.3 is 9.47 Å². The fourth-order valence-corrected chi connectivity index (χ4v) is 4.08. The second-order valence-corrected chi connectivity index (χ2v) is 9.44. The van der Waals surface area contributed by atoms with Crippen LogP contribution >= 0.6 is 0 Å². The highest BCUT2D eigenvalue weighted by molar-refractivity contribution is 5.91. The van der Waals surface area contributed by atoms with Gasteiger partial charge >= 0.3 is 5.97 Å². The van der Waals surface area contributed by atoms with Gasteiger partial charge in [0.15, 0.2) is 0 Å². The quantitative estimate of drug-likeness (QED) is 0.115. The van der Waals surface area contributed by atoms with Crippen LogP contribution in [0.2, 0.25) is 0 Å². The zero-order valence-electron chi connectivity index (χ0n) is 22.0. The molecule has 0 saturated carbocycles. The van der Waals surface area contributed by atoms with Gasteiger partial charge in [-0.1, -0.05) is 77.0 Å². The van der Waals surface area contributed by atoms with E-state index in [9.17, 15) is 4.79 Å². The Bertz CT molecular complexity index is 1010. The number of carbonyl (C=O) groups excluding carboxylic acids is 1. The summed E-state index contributed by atoms with van der Waals surface area (Å²) in [6.45, 7) is 5.83. The summed E-state index contributed by atoms with van der Waals surface area (Å²) in [4.78, 5) is 17.1. The van der Waals surface area contributed by atoms with Crippen molar-refractivity contribution in [3.05, 3.63) is 83.6 Å². The number of ether oxygens (including phenoxy) is 2. The van der Waals surface area contributed by atoms with E-state index in [0.717, 1.165) is 49.1 Å². The lowest BCUT2D eigenvalue weighted by Crippen LogP contribution is -2.08. The Morgan fingerprint density at radius 3 is 2.06 bits per heavy atom. The molecule has 4 nitrogen and oxygen atoms in total. The molecule has 1 heterocycles. The van der Waals surface area contributed by atoms with Gasteiger partial charge in [-0.05, 0) is 72.9 Å². The average molecular weight is 488 g/mol. The Balaban J connectivity index is 1.41. The molecule has 0 bridgehead atoms. The first kappa shape index (κ1) is 27.6. The number of aromatic nitrogens is 1. The van der Waals surface area contributed by atoms with E-state index in [1.54, 1.807) is 0 Å². The van der Waals surface area contributed by atoms with E-state index in [-0.39, 0.29) is 5.97 Å². The van der Waals surface area contributed by atoms with Crippen molar-refractivity contribution in [3.63, 3.8) is 0 Å². The molecule has 0 fully saturated rings. The van der Waals surface area contributed by atoms with Crippen molar-refractivity contribution in [3.8, 4) is 17.0 Å². The van der Waals surface area contributed by atoms with E-state index >= 15 is 0 Å². The van der Waals surface area contributed by atoms with Crippen molar-refractivity contribution in [1.82, 2.24) is 4.98 Å². The maximum atomic E-state index is 12.5. The molecule has 3 rings (SSSR count). The summed E-state index contributed by atoms with van der Waals surface area (Å²) >= 11 is 0. The third-order valence-corrected chi connectivity index (χ3v) is 6.35. The van der Waals surface area contributed by atoms with Crippen molar-refractivity contribution < 1.29 is 14.3 Å². The molecule has 36 heavy (non-hydrogen) atoms. The van der Waals surface area contributed by atoms with Crippen LogP contribution in [0.1, 0.15) is 93.1 Å². The second kappa shape index (κ2) is 15.9. The van der Waals surface area contributed by atoms with Crippen LogP contribution in [-0.2, 0) is 17.8 Å². The molecule has 0 aliphatic heterocycles. The van der Waals surface area contributed by atoms with Crippen LogP contribution in [0.4, 0.5) is 0 Å². The van der Waals surface area contributed by atoms with Crippen LogP contribution in [0.25, 0.3) is 11.3 Å². The molecule has 0 aliphatic rings. The van der Waals surface area contributed by atoms with Gasteiger partial charge in [-0.2, -0.15) is 0 Å². The standard InChI is InChI=1S/C32H41NO3/c1-3-5-7-8-9-10-11-23-35-25-27-15-22-31(33-24-27)28-18-20-30(21-19-28)36-32(34)29-16-13-26(14-17-29)12-6-4-2/h13-22,24H,3-12,23,25H2,1-2H3. The number of hydrogen-bond donors (Lipinski definition) is 0. The third-order valence-electron chi connectivity index (χ3n) is 6.35. The lowest BCUT2D eigenvalue weighted by atomic mass is 10.1. The molecule has 0 amide bonds. The molecule has 0 spiro atoms. The summed E-state index contributed by atoms with van der Waals surface area (Å²) in [6, 6.07) is 19.2. The van der Waals surface area contributed by atoms with Gasteiger partial charge in [0.25, 0.3) is 0 Å². The molecule has 0 unspecified atom stereocenters. The molecule has 192 valence electrons. The third kappa shape index (κ3) is 9.58. The summed E-state index contributed by atoms with van der Waals surface area (Å²) in [7, 11) is 0. The molecular weight excluding hydrogens is 446 g/mol. The first-order valence-corrected chi connectivity index (χ1v) is 13.6. The smallest absolute Gasteiger partial charge is 0.343 e. The van der Waals surface area contributed by atoms with Gasteiger partial charge in [0.2, 0.25) is 0 Å². The van der Waals surface area contributed by atoms with E-state index in [2.05, 4.69) is 24.9 Å². The number of benzene rings is 2. The first-order valence-electron chi connectivity index (χ1n) is 13.6. The van der Waals surface area contributed by atoms with E-state index in [0.29, 0.717) is 17.9 Å². The van der Waals surface area contributed by atoms with Crippen LogP contribution in [-0.4, -0.2) is 17.6 Å². The van der Waals surface area contributed by atoms with E-state index in [1.165, 1.54) is 44.1 Å². The largest absolute Gasteiger partial charge is 0.423 e. The summed E-state index contributed by atoms with van der Waals surface area (Å²) in [5.41, 5.74) is 4.74. The molecule has 1 aromatic heterocycles. The van der Waals surface area contributed by atoms with Crippen molar-refractivity contribution in [2.45, 2.75) is 84.7 Å². The first-order chi connectivity index (χ1) is 17.7. The Morgan fingerprint density at radius 1 is 0.722 bits per heavy atom. The minimum Gasteiger partial charge on any atom is -0.423 e. The SMILES string of the molecule is CCCCCCCCCOCc1ccc(-c2ccc(OC(=O)c3ccc(CCCC)cc3)cc2)nc1. The number of carbonyl (C=O) groups is 1. The minimum atomic E-state index is -0.344. The van der Waals surface area contributed by atoms with Crippen molar-refractivity contribution in [2.75, 3.05) is 6.61 Å². The van der Waals surface area contributed by atoms with Crippen molar-refractivity contribution in [1.29, 1.82) is 0 Å². The van der Waals surface area contributed by atoms with E-state index in [1.807, 2.05) is 60.8 Å². The number of unbranched alkanes of at least 4 members (excludes halogenated alkanes) is 7. The van der Waals surface area contributed by atoms with Crippen LogP contribution in [0.5, 0.6) is 5.75 Å². The lowest BCUT2D eigenvalue weighted by molar-refractivity contribution is 0.0734. The van der Waals surface area contributed by atoms with Crippen LogP contribution in [0.15, 0.2) is 66.9 Å². The van der Waals surface area contributed by atoms with E-state index < -0.39 is 0 Å². The number of esters is 1. The second-order valence-electron chi connectivity index (χ2n) is 9.44. The Kier molecular flexibility index (Phi) is 12.2. The zero-order chi connectivity index (χ0) is 25.4. The normalized spacial score (nSPS) is 10.9. The van der Waals surface area contributed by atoms with Gasteiger partial charge in [-0.3, -0.25) is 4.98 Å². The minimum absolute atomic E-state index is 0.344. The van der Waals surface area contributed by atoms with Gasteiger partial charge in [0.1, 0.15) is 5.75 Å². The average Bonchev–Trinajstić information content (AvgIpc) is 2.92. The summed E-state index contributed by atoms with van der Waals surface area (Å²) in [6.07, 6.45) is 14.3. The fraction of sp³-hybridized carbons (Fsp3) is 0.438. The van der Waals surface area contributed by atoms with Gasteiger partial charge in [0, 0.05) is 18.4 Å². The number of nitrogens with zero attached hydrogens (tertiary/aromatic N) is 1. The number of rotatable bonds is 16. The van der Waals surface area contributed by atoms with E-state index in [4.69, 9.17) is 9.47 Å². The number of aryl methyl sites for hydroxylation is 1. The molecule has 3 aromatic rings. The van der Waals surface area contributed by atoms with Crippen molar-refractivity contribution >= 4 is 5.97 Å². The maximum Gasteiger partial charge on any atom is 0.343 e. The predicted octanol–water partition coefficient (Wildman–Crippen LogP) is 8.58. The summed E-state index contributed by atoms with van der Waals surface area (Å²) in [5.74, 6) is 0.179. The number of pyridine rings is 1. The van der Waals surface area contributed by atoms with Gasteiger partial charge in [-0.25, -0.2) is 4.79 Å². The highest BCUT2D eigenvalue weighted by Crippen LogP contribution is 2.22. The molecule has 0 radical (unpaired) electrons. The summed E-state index contributed by atoms with van der Waals surface area (Å²) < 4.78 is 11.4. The summed E-state index contributed by atoms with van der Waals surface area (Å²) in [5, 5.41) is 0. The van der Waals surface area contributed by atoms with Crippen LogP contribution in [0.3, 0.4) is 0 Å². The highest BCUT2D eigenvalue weighted by atomic mass is 16.5. The lowest BCUT2D eigenvalue weighted by Gasteiger charge is -2.08. The Morgan fingerprint density at radius 2 is 1.39 bits per heavy atom. The molecular formula is C32H41NO3. The van der Waals surface area contributed by atoms with Gasteiger partial charge in [-0.15, -0.1) is 0 Å². The molecule has 0 N–H and O–H groups in total. The van der Waals surface area contributed by atoms with Crippen LogP contribution in [0, 0.1) is 0 Å². The Labute approximate surface area is 217 Å². The molecule has 0 saturated heterocycles. The predicted molar refractivity (Wildman–Crippen MR) is 147 cm³/mol. The zero-order valence-corrected chi connectivity index (χ0v) is 22.0. The van der Waals surface area contributed by atoms with Gasteiger partial charge in [0.05, 0.1) is 17.9 Å². The molecule has 0 atom stereocenters. The molecule has 4 heteroatoms. The topological polar surface area (TPSA) is 48.4 Å². The number of hydrogen-bond acceptors (Lipinski definition) is 4. The molecule has 0 aliphatic carbocycles. The fourth-order valence-electron chi connectivity index (χ4n) is 4.08.